The molecule has 0 rings (SSSR count). The van der Waals surface area contributed by atoms with E-state index in [9.17, 15) is 9.59 Å². The minimum atomic E-state index is -0.550. The maximum atomic E-state index is 11.2. The van der Waals surface area contributed by atoms with E-state index in [1.54, 1.807) is 14.0 Å². The van der Waals surface area contributed by atoms with Crippen LogP contribution in [0.3, 0.4) is 0 Å². The Kier molecular flexibility index (Phi) is 5.06. The van der Waals surface area contributed by atoms with Crippen molar-refractivity contribution >= 4 is 11.8 Å². The van der Waals surface area contributed by atoms with Gasteiger partial charge in [0, 0.05) is 20.5 Å². The second-order valence-electron chi connectivity index (χ2n) is 3.03. The van der Waals surface area contributed by atoms with Gasteiger partial charge in [0.05, 0.1) is 12.6 Å². The molecule has 76 valence electrons. The number of nitrogens with zero attached hydrogens (tertiary/aromatic N) is 1. The van der Waals surface area contributed by atoms with E-state index in [-0.39, 0.29) is 24.9 Å². The number of aliphatic hydroxyl groups excluding tert-OH is 1. The zero-order valence-electron chi connectivity index (χ0n) is 8.20. The van der Waals surface area contributed by atoms with Crippen LogP contribution in [0.2, 0.25) is 0 Å². The third-order valence-corrected chi connectivity index (χ3v) is 1.45. The minimum absolute atomic E-state index is 0.0153. The standard InChI is InChI=1S/C8H16N2O3/c1-6(11)5-10(3)8(13)4-9-7(2)12/h6,11H,4-5H2,1-3H3,(H,9,12). The number of likely N-dealkylation sites (N-methyl/N-ethyl adjacent to an activating group) is 1. The van der Waals surface area contributed by atoms with Gasteiger partial charge in [-0.1, -0.05) is 0 Å². The lowest BCUT2D eigenvalue weighted by Crippen LogP contribution is -2.40. The van der Waals surface area contributed by atoms with Crippen molar-refractivity contribution in [3.05, 3.63) is 0 Å². The fourth-order valence-corrected chi connectivity index (χ4v) is 0.833. The van der Waals surface area contributed by atoms with E-state index in [1.807, 2.05) is 0 Å². The quantitative estimate of drug-likeness (QED) is 0.592. The summed E-state index contributed by atoms with van der Waals surface area (Å²) < 4.78 is 0. The predicted molar refractivity (Wildman–Crippen MR) is 48.0 cm³/mol. The monoisotopic (exact) mass is 188 g/mol. The van der Waals surface area contributed by atoms with Gasteiger partial charge in [-0.25, -0.2) is 0 Å². The van der Waals surface area contributed by atoms with E-state index in [4.69, 9.17) is 5.11 Å². The fraction of sp³-hybridized carbons (Fsp3) is 0.750. The molecule has 2 N–H and O–H groups in total. The van der Waals surface area contributed by atoms with Crippen LogP contribution >= 0.6 is 0 Å². The molecule has 0 bridgehead atoms. The van der Waals surface area contributed by atoms with Crippen LogP contribution in [-0.4, -0.2) is 48.1 Å². The van der Waals surface area contributed by atoms with Gasteiger partial charge in [-0.15, -0.1) is 0 Å². The first-order chi connectivity index (χ1) is 5.93. The summed E-state index contributed by atoms with van der Waals surface area (Å²) in [6, 6.07) is 0. The number of hydrogen-bond donors (Lipinski definition) is 2. The molecule has 0 aliphatic rings. The molecule has 0 heterocycles. The van der Waals surface area contributed by atoms with Crippen molar-refractivity contribution in [2.45, 2.75) is 20.0 Å². The SMILES string of the molecule is CC(=O)NCC(=O)N(C)CC(C)O. The molecule has 2 amide bonds. The molecule has 0 aromatic carbocycles. The minimum Gasteiger partial charge on any atom is -0.392 e. The molecule has 0 radical (unpaired) electrons. The summed E-state index contributed by atoms with van der Waals surface area (Å²) in [5.74, 6) is -0.449. The Morgan fingerprint density at radius 3 is 2.46 bits per heavy atom. The molecular weight excluding hydrogens is 172 g/mol. The van der Waals surface area contributed by atoms with Crippen LogP contribution in [0.4, 0.5) is 0 Å². The Morgan fingerprint density at radius 2 is 2.08 bits per heavy atom. The molecule has 0 aliphatic heterocycles. The van der Waals surface area contributed by atoms with Gasteiger partial charge < -0.3 is 15.3 Å². The number of nitrogens with one attached hydrogen (secondary N) is 1. The first kappa shape index (κ1) is 11.9. The van der Waals surface area contributed by atoms with Crippen LogP contribution in [0.25, 0.3) is 0 Å². The third kappa shape index (κ3) is 6.10. The van der Waals surface area contributed by atoms with Crippen molar-refractivity contribution in [1.29, 1.82) is 0 Å². The van der Waals surface area contributed by atoms with Crippen molar-refractivity contribution in [2.24, 2.45) is 0 Å². The van der Waals surface area contributed by atoms with Gasteiger partial charge >= 0.3 is 0 Å². The van der Waals surface area contributed by atoms with Gasteiger partial charge in [0.2, 0.25) is 11.8 Å². The number of aliphatic hydroxyl groups is 1. The van der Waals surface area contributed by atoms with Gasteiger partial charge in [-0.2, -0.15) is 0 Å². The number of rotatable bonds is 4. The Balaban J connectivity index is 3.76. The third-order valence-electron chi connectivity index (χ3n) is 1.45. The van der Waals surface area contributed by atoms with Gasteiger partial charge in [0.15, 0.2) is 0 Å². The van der Waals surface area contributed by atoms with E-state index in [1.165, 1.54) is 11.8 Å². The lowest BCUT2D eigenvalue weighted by atomic mass is 10.3. The molecule has 0 aliphatic carbocycles. The molecule has 1 atom stereocenters. The van der Waals surface area contributed by atoms with Gasteiger partial charge in [-0.3, -0.25) is 9.59 Å². The maximum Gasteiger partial charge on any atom is 0.241 e. The molecule has 0 saturated carbocycles. The fourth-order valence-electron chi connectivity index (χ4n) is 0.833. The summed E-state index contributed by atoms with van der Waals surface area (Å²) in [7, 11) is 1.58. The molecular formula is C8H16N2O3. The summed E-state index contributed by atoms with van der Waals surface area (Å²) >= 11 is 0. The number of amides is 2. The van der Waals surface area contributed by atoms with Crippen molar-refractivity contribution in [3.8, 4) is 0 Å². The Morgan fingerprint density at radius 1 is 1.54 bits per heavy atom. The van der Waals surface area contributed by atoms with E-state index < -0.39 is 6.10 Å². The van der Waals surface area contributed by atoms with Crippen LogP contribution in [-0.2, 0) is 9.59 Å². The summed E-state index contributed by atoms with van der Waals surface area (Å²) in [4.78, 5) is 23.0. The van der Waals surface area contributed by atoms with E-state index in [0.717, 1.165) is 0 Å². The van der Waals surface area contributed by atoms with Crippen LogP contribution < -0.4 is 5.32 Å². The Bertz CT molecular complexity index is 192. The van der Waals surface area contributed by atoms with Gasteiger partial charge in [0.1, 0.15) is 0 Å². The van der Waals surface area contributed by atoms with Gasteiger partial charge in [0.25, 0.3) is 0 Å². The topological polar surface area (TPSA) is 69.6 Å². The molecule has 0 aromatic heterocycles. The summed E-state index contributed by atoms with van der Waals surface area (Å²) in [5.41, 5.74) is 0. The smallest absolute Gasteiger partial charge is 0.241 e. The molecule has 13 heavy (non-hydrogen) atoms. The highest BCUT2D eigenvalue weighted by molar-refractivity contribution is 5.83. The Hall–Kier alpha value is -1.10. The van der Waals surface area contributed by atoms with Crippen LogP contribution in [0.1, 0.15) is 13.8 Å². The predicted octanol–water partition coefficient (Wildman–Crippen LogP) is -1.04. The molecule has 1 unspecified atom stereocenters. The second-order valence-corrected chi connectivity index (χ2v) is 3.03. The lowest BCUT2D eigenvalue weighted by Gasteiger charge is -2.18. The normalized spacial score (nSPS) is 12.0. The highest BCUT2D eigenvalue weighted by Gasteiger charge is 2.10. The van der Waals surface area contributed by atoms with Crippen molar-refractivity contribution < 1.29 is 14.7 Å². The van der Waals surface area contributed by atoms with Crippen LogP contribution in [0, 0.1) is 0 Å². The molecule has 5 nitrogen and oxygen atoms in total. The molecule has 0 aromatic rings. The largest absolute Gasteiger partial charge is 0.392 e. The molecule has 0 spiro atoms. The molecule has 5 heteroatoms. The van der Waals surface area contributed by atoms with E-state index in [2.05, 4.69) is 5.32 Å². The average molecular weight is 188 g/mol. The lowest BCUT2D eigenvalue weighted by molar-refractivity contribution is -0.132. The average Bonchev–Trinajstić information content (AvgIpc) is 1.98. The van der Waals surface area contributed by atoms with E-state index >= 15 is 0 Å². The zero-order chi connectivity index (χ0) is 10.4. The molecule has 0 saturated heterocycles. The number of hydrogen-bond acceptors (Lipinski definition) is 3. The van der Waals surface area contributed by atoms with Crippen LogP contribution in [0.15, 0.2) is 0 Å². The first-order valence-electron chi connectivity index (χ1n) is 4.10. The highest BCUT2D eigenvalue weighted by atomic mass is 16.3. The summed E-state index contributed by atoms with van der Waals surface area (Å²) in [5, 5.41) is 11.4. The van der Waals surface area contributed by atoms with Crippen molar-refractivity contribution in [1.82, 2.24) is 10.2 Å². The van der Waals surface area contributed by atoms with Crippen LogP contribution in [0.5, 0.6) is 0 Å². The maximum absolute atomic E-state index is 11.2. The molecule has 0 fully saturated rings. The summed E-state index contributed by atoms with van der Waals surface area (Å²) in [6.45, 7) is 3.21. The summed E-state index contributed by atoms with van der Waals surface area (Å²) in [6.07, 6.45) is -0.550. The number of carbonyl (C=O) groups excluding carboxylic acids is 2. The van der Waals surface area contributed by atoms with Crippen molar-refractivity contribution in [2.75, 3.05) is 20.1 Å². The second kappa shape index (κ2) is 5.53. The van der Waals surface area contributed by atoms with E-state index in [0.29, 0.717) is 0 Å². The first-order valence-corrected chi connectivity index (χ1v) is 4.10. The zero-order valence-corrected chi connectivity index (χ0v) is 8.20. The highest BCUT2D eigenvalue weighted by Crippen LogP contribution is 1.88. The number of carbonyl (C=O) groups is 2. The Labute approximate surface area is 77.7 Å². The van der Waals surface area contributed by atoms with Crippen molar-refractivity contribution in [3.63, 3.8) is 0 Å². The van der Waals surface area contributed by atoms with Gasteiger partial charge in [-0.05, 0) is 6.92 Å².